The number of methoxy groups -OCH3 is 1. The Morgan fingerprint density at radius 3 is 2.56 bits per heavy atom. The van der Waals surface area contributed by atoms with Gasteiger partial charge in [-0.1, -0.05) is 18.9 Å². The minimum absolute atomic E-state index is 0.629. The molecule has 1 aliphatic rings. The number of hydrogen-bond acceptors (Lipinski definition) is 3. The molecule has 0 aromatic heterocycles. The van der Waals surface area contributed by atoms with Crippen LogP contribution >= 0.6 is 0 Å². The molecule has 0 N–H and O–H groups in total. The summed E-state index contributed by atoms with van der Waals surface area (Å²) in [5.41, 5.74) is 1.83. The smallest absolute Gasteiger partial charge is 0.136 e. The molecular formula is C15H20N2O. The molecule has 3 heteroatoms. The third-order valence-corrected chi connectivity index (χ3v) is 3.49. The molecule has 0 amide bonds. The maximum atomic E-state index is 9.08. The lowest BCUT2D eigenvalue weighted by molar-refractivity contribution is 0.277. The maximum absolute atomic E-state index is 9.08. The Labute approximate surface area is 109 Å². The monoisotopic (exact) mass is 244 g/mol. The molecule has 0 aliphatic carbocycles. The van der Waals surface area contributed by atoms with Gasteiger partial charge in [0, 0.05) is 6.54 Å². The summed E-state index contributed by atoms with van der Waals surface area (Å²) in [6, 6.07) is 8.10. The topological polar surface area (TPSA) is 36.3 Å². The van der Waals surface area contributed by atoms with E-state index in [-0.39, 0.29) is 0 Å². The molecule has 0 bridgehead atoms. The van der Waals surface area contributed by atoms with Gasteiger partial charge in [0.15, 0.2) is 0 Å². The van der Waals surface area contributed by atoms with Crippen LogP contribution in [-0.4, -0.2) is 25.1 Å². The summed E-state index contributed by atoms with van der Waals surface area (Å²) in [6.45, 7) is 3.29. The molecule has 1 aromatic carbocycles. The van der Waals surface area contributed by atoms with Crippen molar-refractivity contribution >= 4 is 0 Å². The standard InChI is InChI=1S/C15H20N2O/c1-18-15-7-6-13(10-14(15)11-16)12-17-8-4-2-3-5-9-17/h6-7,10H,2-5,8-9,12H2,1H3. The van der Waals surface area contributed by atoms with Gasteiger partial charge in [-0.15, -0.1) is 0 Å². The van der Waals surface area contributed by atoms with E-state index in [1.165, 1.54) is 44.3 Å². The van der Waals surface area contributed by atoms with Crippen LogP contribution in [0.1, 0.15) is 36.8 Å². The Bertz CT molecular complexity index is 429. The zero-order valence-corrected chi connectivity index (χ0v) is 11.0. The summed E-state index contributed by atoms with van der Waals surface area (Å²) in [6.07, 6.45) is 5.29. The fraction of sp³-hybridized carbons (Fsp3) is 0.533. The largest absolute Gasteiger partial charge is 0.495 e. The van der Waals surface area contributed by atoms with Gasteiger partial charge in [0.1, 0.15) is 11.8 Å². The van der Waals surface area contributed by atoms with Gasteiger partial charge in [0.05, 0.1) is 12.7 Å². The van der Waals surface area contributed by atoms with Crippen molar-refractivity contribution in [3.8, 4) is 11.8 Å². The highest BCUT2D eigenvalue weighted by atomic mass is 16.5. The molecule has 1 aromatic rings. The van der Waals surface area contributed by atoms with Crippen molar-refractivity contribution in [2.75, 3.05) is 20.2 Å². The zero-order chi connectivity index (χ0) is 12.8. The Morgan fingerprint density at radius 2 is 1.94 bits per heavy atom. The normalized spacial score (nSPS) is 16.9. The van der Waals surface area contributed by atoms with E-state index in [1.807, 2.05) is 12.1 Å². The summed E-state index contributed by atoms with van der Waals surface area (Å²) in [5.74, 6) is 0.664. The summed E-state index contributed by atoms with van der Waals surface area (Å²) < 4.78 is 5.17. The summed E-state index contributed by atoms with van der Waals surface area (Å²) >= 11 is 0. The van der Waals surface area contributed by atoms with Gasteiger partial charge in [0.25, 0.3) is 0 Å². The molecule has 0 unspecified atom stereocenters. The molecule has 0 saturated carbocycles. The van der Waals surface area contributed by atoms with Gasteiger partial charge in [-0.05, 0) is 43.6 Å². The SMILES string of the molecule is COc1ccc(CN2CCCCCC2)cc1C#N. The lowest BCUT2D eigenvalue weighted by Gasteiger charge is -2.20. The number of benzene rings is 1. The summed E-state index contributed by atoms with van der Waals surface area (Å²) in [4.78, 5) is 2.48. The summed E-state index contributed by atoms with van der Waals surface area (Å²) in [5, 5.41) is 9.08. The molecule has 1 fully saturated rings. The van der Waals surface area contributed by atoms with E-state index in [2.05, 4.69) is 17.0 Å². The first-order valence-electron chi connectivity index (χ1n) is 6.63. The van der Waals surface area contributed by atoms with Crippen LogP contribution in [0, 0.1) is 11.3 Å². The Balaban J connectivity index is 2.07. The van der Waals surface area contributed by atoms with Gasteiger partial charge in [-0.2, -0.15) is 5.26 Å². The number of nitriles is 1. The van der Waals surface area contributed by atoms with Gasteiger partial charge in [-0.25, -0.2) is 0 Å². The fourth-order valence-corrected chi connectivity index (χ4v) is 2.49. The van der Waals surface area contributed by atoms with Crippen LogP contribution in [0.4, 0.5) is 0 Å². The Kier molecular flexibility index (Phi) is 4.60. The highest BCUT2D eigenvalue weighted by Gasteiger charge is 2.11. The lowest BCUT2D eigenvalue weighted by atomic mass is 10.1. The molecule has 18 heavy (non-hydrogen) atoms. The predicted molar refractivity (Wildman–Crippen MR) is 71.5 cm³/mol. The Hall–Kier alpha value is -1.53. The second-order valence-electron chi connectivity index (χ2n) is 4.84. The van der Waals surface area contributed by atoms with E-state index < -0.39 is 0 Å². The molecule has 0 atom stereocenters. The van der Waals surface area contributed by atoms with Crippen LogP contribution in [0.5, 0.6) is 5.75 Å². The molecule has 3 nitrogen and oxygen atoms in total. The number of ether oxygens (including phenoxy) is 1. The van der Waals surface area contributed by atoms with Crippen LogP contribution in [-0.2, 0) is 6.54 Å². The minimum atomic E-state index is 0.629. The van der Waals surface area contributed by atoms with Crippen LogP contribution in [0.25, 0.3) is 0 Å². The molecule has 1 heterocycles. The van der Waals surface area contributed by atoms with Crippen molar-refractivity contribution in [3.05, 3.63) is 29.3 Å². The van der Waals surface area contributed by atoms with E-state index in [0.29, 0.717) is 11.3 Å². The van der Waals surface area contributed by atoms with Crippen molar-refractivity contribution < 1.29 is 4.74 Å². The van der Waals surface area contributed by atoms with E-state index in [4.69, 9.17) is 10.00 Å². The molecule has 0 spiro atoms. The number of hydrogen-bond donors (Lipinski definition) is 0. The third kappa shape index (κ3) is 3.24. The molecule has 0 radical (unpaired) electrons. The highest BCUT2D eigenvalue weighted by Crippen LogP contribution is 2.20. The number of likely N-dealkylation sites (tertiary alicyclic amines) is 1. The second-order valence-corrected chi connectivity index (χ2v) is 4.84. The van der Waals surface area contributed by atoms with Crippen molar-refractivity contribution in [2.45, 2.75) is 32.2 Å². The maximum Gasteiger partial charge on any atom is 0.136 e. The second kappa shape index (κ2) is 6.42. The number of nitrogens with zero attached hydrogens (tertiary/aromatic N) is 2. The van der Waals surface area contributed by atoms with Crippen LogP contribution in [0.2, 0.25) is 0 Å². The lowest BCUT2D eigenvalue weighted by Crippen LogP contribution is -2.23. The van der Waals surface area contributed by atoms with Crippen molar-refractivity contribution in [3.63, 3.8) is 0 Å². The van der Waals surface area contributed by atoms with E-state index in [0.717, 1.165) is 6.54 Å². The molecular weight excluding hydrogens is 224 g/mol. The van der Waals surface area contributed by atoms with Crippen LogP contribution in [0.15, 0.2) is 18.2 Å². The van der Waals surface area contributed by atoms with E-state index >= 15 is 0 Å². The first kappa shape index (κ1) is 12.9. The zero-order valence-electron chi connectivity index (χ0n) is 11.0. The average molecular weight is 244 g/mol. The van der Waals surface area contributed by atoms with Gasteiger partial charge >= 0.3 is 0 Å². The van der Waals surface area contributed by atoms with Gasteiger partial charge < -0.3 is 4.74 Å². The fourth-order valence-electron chi connectivity index (χ4n) is 2.49. The summed E-state index contributed by atoms with van der Waals surface area (Å²) in [7, 11) is 1.60. The first-order valence-corrected chi connectivity index (χ1v) is 6.63. The van der Waals surface area contributed by atoms with E-state index in [1.54, 1.807) is 7.11 Å². The molecule has 96 valence electrons. The highest BCUT2D eigenvalue weighted by molar-refractivity contribution is 5.45. The Morgan fingerprint density at radius 1 is 1.22 bits per heavy atom. The quantitative estimate of drug-likeness (QED) is 0.820. The van der Waals surface area contributed by atoms with Gasteiger partial charge in [0.2, 0.25) is 0 Å². The van der Waals surface area contributed by atoms with E-state index in [9.17, 15) is 0 Å². The molecule has 2 rings (SSSR count). The predicted octanol–water partition coefficient (Wildman–Crippen LogP) is 2.94. The van der Waals surface area contributed by atoms with Crippen molar-refractivity contribution in [1.29, 1.82) is 5.26 Å². The molecule has 1 aliphatic heterocycles. The minimum Gasteiger partial charge on any atom is -0.495 e. The number of rotatable bonds is 3. The first-order chi connectivity index (χ1) is 8.83. The van der Waals surface area contributed by atoms with Crippen LogP contribution in [0.3, 0.4) is 0 Å². The van der Waals surface area contributed by atoms with Gasteiger partial charge in [-0.3, -0.25) is 4.90 Å². The van der Waals surface area contributed by atoms with Crippen molar-refractivity contribution in [2.24, 2.45) is 0 Å². The third-order valence-electron chi connectivity index (χ3n) is 3.49. The van der Waals surface area contributed by atoms with Crippen LogP contribution < -0.4 is 4.74 Å². The average Bonchev–Trinajstić information content (AvgIpc) is 2.67. The van der Waals surface area contributed by atoms with Crippen molar-refractivity contribution in [1.82, 2.24) is 4.90 Å². The molecule has 1 saturated heterocycles.